The summed E-state index contributed by atoms with van der Waals surface area (Å²) in [5.41, 5.74) is 6.19. The molecule has 1 fully saturated rings. The van der Waals surface area contributed by atoms with E-state index in [2.05, 4.69) is 10.1 Å². The van der Waals surface area contributed by atoms with Crippen LogP contribution in [0.2, 0.25) is 0 Å². The van der Waals surface area contributed by atoms with E-state index in [9.17, 15) is 45.9 Å². The second-order valence-corrected chi connectivity index (χ2v) is 10.5. The Morgan fingerprint density at radius 3 is 1.59 bits per heavy atom. The van der Waals surface area contributed by atoms with Crippen LogP contribution in [0.4, 0.5) is 22.0 Å². The quantitative estimate of drug-likeness (QED) is 0.0338. The summed E-state index contributed by atoms with van der Waals surface area (Å²) < 4.78 is 113. The van der Waals surface area contributed by atoms with Crippen molar-refractivity contribution in [2.75, 3.05) is 59.5 Å². The van der Waals surface area contributed by atoms with E-state index in [1.54, 1.807) is 0 Å². The SMILES string of the molecule is CC(=O)OCC1OC(NC(=O)CCOCCOCCOCCOCCC(=O)Oc2c(F)c(F)c(F)c(F)c2F)C(N)C(OC(C)=O)C1OC(C)=O. The third-order valence-corrected chi connectivity index (χ3v) is 6.52. The highest BCUT2D eigenvalue weighted by Crippen LogP contribution is 2.29. The second-order valence-electron chi connectivity index (χ2n) is 10.5. The number of hydrogen-bond acceptors (Lipinski definition) is 15. The number of halogens is 5. The number of ether oxygens (including phenoxy) is 9. The average Bonchev–Trinajstić information content (AvgIpc) is 3.06. The standard InChI is InChI=1S/C30H39F5N2O14/c1-15(38)47-14-18-27(48-16(2)39)29(49-17(3)40)26(36)30(50-18)37-19(41)4-6-43-8-10-45-12-13-46-11-9-44-7-5-20(42)51-28-24(34)22(32)21(31)23(33)25(28)35/h18,26-27,29-30H,4-14,36H2,1-3H3,(H,37,41). The minimum Gasteiger partial charge on any atom is -0.463 e. The highest BCUT2D eigenvalue weighted by molar-refractivity contribution is 5.76. The van der Waals surface area contributed by atoms with E-state index in [0.717, 1.165) is 20.8 Å². The largest absolute Gasteiger partial charge is 0.463 e. The van der Waals surface area contributed by atoms with Gasteiger partial charge in [-0.2, -0.15) is 8.78 Å². The van der Waals surface area contributed by atoms with Crippen LogP contribution in [-0.2, 0) is 61.9 Å². The summed E-state index contributed by atoms with van der Waals surface area (Å²) in [6.45, 7) is 3.39. The number of nitrogens with one attached hydrogen (secondary N) is 1. The van der Waals surface area contributed by atoms with E-state index in [1.807, 2.05) is 0 Å². The van der Waals surface area contributed by atoms with Gasteiger partial charge in [-0.15, -0.1) is 0 Å². The van der Waals surface area contributed by atoms with Crippen molar-refractivity contribution in [1.82, 2.24) is 5.32 Å². The molecule has 0 saturated carbocycles. The molecule has 2 rings (SSSR count). The van der Waals surface area contributed by atoms with Crippen LogP contribution in [0.1, 0.15) is 33.6 Å². The first-order valence-electron chi connectivity index (χ1n) is 15.3. The summed E-state index contributed by atoms with van der Waals surface area (Å²) in [6, 6.07) is -1.16. The molecule has 0 radical (unpaired) electrons. The number of carbonyl (C=O) groups excluding carboxylic acids is 5. The molecule has 0 spiro atoms. The van der Waals surface area contributed by atoms with Crippen molar-refractivity contribution in [1.29, 1.82) is 0 Å². The van der Waals surface area contributed by atoms with Crippen molar-refractivity contribution in [2.45, 2.75) is 64.2 Å². The smallest absolute Gasteiger partial charge is 0.313 e. The Bertz CT molecular complexity index is 1330. The summed E-state index contributed by atoms with van der Waals surface area (Å²) in [5.74, 6) is -17.0. The Balaban J connectivity index is 1.58. The van der Waals surface area contributed by atoms with E-state index in [1.165, 1.54) is 0 Å². The van der Waals surface area contributed by atoms with Gasteiger partial charge in [-0.25, -0.2) is 13.2 Å². The predicted octanol–water partition coefficient (Wildman–Crippen LogP) is 0.729. The normalized spacial score (nSPS) is 20.0. The molecule has 1 heterocycles. The maximum Gasteiger partial charge on any atom is 0.313 e. The van der Waals surface area contributed by atoms with Crippen LogP contribution in [0.25, 0.3) is 0 Å². The van der Waals surface area contributed by atoms with Crippen molar-refractivity contribution < 1.29 is 88.6 Å². The molecule has 288 valence electrons. The zero-order valence-electron chi connectivity index (χ0n) is 27.8. The van der Waals surface area contributed by atoms with Crippen LogP contribution < -0.4 is 15.8 Å². The first kappa shape index (κ1) is 43.1. The van der Waals surface area contributed by atoms with Crippen LogP contribution >= 0.6 is 0 Å². The summed E-state index contributed by atoms with van der Waals surface area (Å²) in [6.07, 6.45) is -5.44. The Labute approximate surface area is 288 Å². The second kappa shape index (κ2) is 22.0. The van der Waals surface area contributed by atoms with Gasteiger partial charge in [0, 0.05) is 20.8 Å². The number of amides is 1. The topological polar surface area (TPSA) is 206 Å². The molecular weight excluding hydrogens is 707 g/mol. The predicted molar refractivity (Wildman–Crippen MR) is 157 cm³/mol. The Morgan fingerprint density at radius 2 is 1.10 bits per heavy atom. The molecule has 1 amide bonds. The first-order valence-corrected chi connectivity index (χ1v) is 15.3. The lowest BCUT2D eigenvalue weighted by atomic mass is 9.96. The van der Waals surface area contributed by atoms with Gasteiger partial charge in [0.05, 0.1) is 71.7 Å². The van der Waals surface area contributed by atoms with E-state index in [4.69, 9.17) is 43.6 Å². The number of benzene rings is 1. The minimum absolute atomic E-state index is 0.00180. The Kier molecular flexibility index (Phi) is 18.6. The first-order chi connectivity index (χ1) is 24.1. The molecule has 1 aliphatic rings. The molecular formula is C30H39F5N2O14. The molecule has 51 heavy (non-hydrogen) atoms. The fraction of sp³-hybridized carbons (Fsp3) is 0.633. The van der Waals surface area contributed by atoms with Gasteiger partial charge in [0.1, 0.15) is 18.9 Å². The summed E-state index contributed by atoms with van der Waals surface area (Å²) in [4.78, 5) is 58.9. The van der Waals surface area contributed by atoms with Gasteiger partial charge >= 0.3 is 23.9 Å². The molecule has 3 N–H and O–H groups in total. The minimum atomic E-state index is -2.38. The number of nitrogens with two attached hydrogens (primary N) is 1. The summed E-state index contributed by atoms with van der Waals surface area (Å²) in [5, 5.41) is 2.55. The van der Waals surface area contributed by atoms with Gasteiger partial charge in [0.25, 0.3) is 0 Å². The number of carbonyl (C=O) groups is 5. The fourth-order valence-electron chi connectivity index (χ4n) is 4.25. The Morgan fingerprint density at radius 1 is 0.647 bits per heavy atom. The zero-order valence-corrected chi connectivity index (χ0v) is 27.8. The van der Waals surface area contributed by atoms with Crippen LogP contribution in [0, 0.1) is 29.1 Å². The molecule has 5 unspecified atom stereocenters. The van der Waals surface area contributed by atoms with Crippen molar-refractivity contribution >= 4 is 29.8 Å². The average molecular weight is 747 g/mol. The van der Waals surface area contributed by atoms with Crippen LogP contribution in [0.15, 0.2) is 0 Å². The third kappa shape index (κ3) is 14.6. The van der Waals surface area contributed by atoms with E-state index in [0.29, 0.717) is 0 Å². The molecule has 1 aliphatic heterocycles. The van der Waals surface area contributed by atoms with Crippen molar-refractivity contribution in [3.8, 4) is 5.75 Å². The lowest BCUT2D eigenvalue weighted by Gasteiger charge is -2.43. The van der Waals surface area contributed by atoms with Crippen molar-refractivity contribution in [3.63, 3.8) is 0 Å². The molecule has 1 aromatic carbocycles. The van der Waals surface area contributed by atoms with E-state index < -0.39 is 102 Å². The van der Waals surface area contributed by atoms with Gasteiger partial charge in [-0.3, -0.25) is 24.0 Å². The summed E-state index contributed by atoms with van der Waals surface area (Å²) >= 11 is 0. The third-order valence-electron chi connectivity index (χ3n) is 6.52. The molecule has 0 bridgehead atoms. The van der Waals surface area contributed by atoms with Crippen LogP contribution in [0.3, 0.4) is 0 Å². The highest BCUT2D eigenvalue weighted by atomic mass is 19.2. The molecule has 0 aromatic heterocycles. The van der Waals surface area contributed by atoms with E-state index >= 15 is 0 Å². The molecule has 16 nitrogen and oxygen atoms in total. The van der Waals surface area contributed by atoms with Gasteiger partial charge in [0.2, 0.25) is 40.7 Å². The number of hydrogen-bond donors (Lipinski definition) is 2. The number of rotatable bonds is 21. The lowest BCUT2D eigenvalue weighted by molar-refractivity contribution is -0.224. The van der Waals surface area contributed by atoms with Gasteiger partial charge < -0.3 is 53.7 Å². The Hall–Kier alpha value is -4.02. The summed E-state index contributed by atoms with van der Waals surface area (Å²) in [7, 11) is 0. The molecule has 1 saturated heterocycles. The molecule has 21 heteroatoms. The van der Waals surface area contributed by atoms with Gasteiger partial charge in [-0.05, 0) is 0 Å². The monoisotopic (exact) mass is 746 g/mol. The zero-order chi connectivity index (χ0) is 38.1. The maximum absolute atomic E-state index is 13.6. The number of esters is 4. The van der Waals surface area contributed by atoms with Crippen LogP contribution in [-0.4, -0.2) is 120 Å². The lowest BCUT2D eigenvalue weighted by Crippen LogP contribution is -2.68. The van der Waals surface area contributed by atoms with Crippen LogP contribution in [0.5, 0.6) is 5.75 Å². The van der Waals surface area contributed by atoms with Crippen molar-refractivity contribution in [2.24, 2.45) is 5.73 Å². The van der Waals surface area contributed by atoms with E-state index in [-0.39, 0.29) is 65.9 Å². The fourth-order valence-corrected chi connectivity index (χ4v) is 4.25. The van der Waals surface area contributed by atoms with Crippen molar-refractivity contribution in [3.05, 3.63) is 29.1 Å². The molecule has 0 aliphatic carbocycles. The van der Waals surface area contributed by atoms with Gasteiger partial charge in [-0.1, -0.05) is 0 Å². The molecule has 5 atom stereocenters. The highest BCUT2D eigenvalue weighted by Gasteiger charge is 2.49. The maximum atomic E-state index is 13.6. The van der Waals surface area contributed by atoms with Gasteiger partial charge in [0.15, 0.2) is 12.2 Å². The molecule has 1 aromatic rings.